The number of hydrogen-bond donors (Lipinski definition) is 2. The van der Waals surface area contributed by atoms with Crippen LogP contribution in [0.25, 0.3) is 0 Å². The first-order valence-corrected chi connectivity index (χ1v) is 6.94. The molecule has 1 aliphatic heterocycles. The lowest BCUT2D eigenvalue weighted by molar-refractivity contribution is 0.0161. The van der Waals surface area contributed by atoms with Crippen molar-refractivity contribution < 1.29 is 14.6 Å². The molecule has 0 spiro atoms. The number of hydrogen-bond acceptors (Lipinski definition) is 4. The van der Waals surface area contributed by atoms with E-state index >= 15 is 0 Å². The highest BCUT2D eigenvalue weighted by Gasteiger charge is 2.15. The van der Waals surface area contributed by atoms with Crippen molar-refractivity contribution in [2.24, 2.45) is 0 Å². The molecule has 102 valence electrons. The maximum atomic E-state index is 8.59. The topological polar surface area (TPSA) is 50.7 Å². The Morgan fingerprint density at radius 3 is 2.12 bits per heavy atom. The van der Waals surface area contributed by atoms with E-state index in [1.807, 2.05) is 0 Å². The Labute approximate surface area is 105 Å². The molecule has 0 aromatic carbocycles. The zero-order chi connectivity index (χ0) is 12.2. The van der Waals surface area contributed by atoms with Crippen LogP contribution in [0.3, 0.4) is 0 Å². The van der Waals surface area contributed by atoms with Gasteiger partial charge in [-0.3, -0.25) is 0 Å². The Morgan fingerprint density at radius 2 is 1.53 bits per heavy atom. The zero-order valence-corrected chi connectivity index (χ0v) is 10.8. The van der Waals surface area contributed by atoms with E-state index in [2.05, 4.69) is 5.32 Å². The van der Waals surface area contributed by atoms with Crippen molar-refractivity contribution in [3.8, 4) is 0 Å². The Kier molecular flexibility index (Phi) is 9.61. The van der Waals surface area contributed by atoms with Crippen molar-refractivity contribution in [1.29, 1.82) is 0 Å². The van der Waals surface area contributed by atoms with Crippen LogP contribution < -0.4 is 5.32 Å². The van der Waals surface area contributed by atoms with E-state index in [1.165, 1.54) is 6.42 Å². The number of unbranched alkanes of at least 4 members (excludes halogenated alkanes) is 4. The molecule has 4 heteroatoms. The number of ether oxygens (including phenoxy) is 2. The van der Waals surface area contributed by atoms with Gasteiger partial charge in [0.05, 0.1) is 6.10 Å². The molecule has 1 fully saturated rings. The summed E-state index contributed by atoms with van der Waals surface area (Å²) in [6.45, 7) is 4.95. The lowest BCUT2D eigenvalue weighted by Crippen LogP contribution is -2.48. The molecule has 0 radical (unpaired) electrons. The van der Waals surface area contributed by atoms with Crippen molar-refractivity contribution >= 4 is 0 Å². The molecular weight excluding hydrogens is 218 g/mol. The first-order valence-electron chi connectivity index (χ1n) is 6.94. The molecule has 17 heavy (non-hydrogen) atoms. The maximum absolute atomic E-state index is 8.59. The minimum absolute atomic E-state index is 0.302. The fourth-order valence-corrected chi connectivity index (χ4v) is 1.71. The molecule has 0 atom stereocenters. The predicted octanol–water partition coefficient (Wildman–Crippen LogP) is 1.32. The molecule has 4 nitrogen and oxygen atoms in total. The summed E-state index contributed by atoms with van der Waals surface area (Å²) in [5.74, 6) is 0. The summed E-state index contributed by atoms with van der Waals surface area (Å²) in [6, 6.07) is 0. The summed E-state index contributed by atoms with van der Waals surface area (Å²) in [5, 5.41) is 11.8. The molecule has 1 heterocycles. The number of aliphatic hydroxyl groups excluding tert-OH is 1. The van der Waals surface area contributed by atoms with Crippen molar-refractivity contribution in [3.63, 3.8) is 0 Å². The molecule has 0 saturated carbocycles. The van der Waals surface area contributed by atoms with Crippen LogP contribution in [0.5, 0.6) is 0 Å². The smallest absolute Gasteiger partial charge is 0.0823 e. The highest BCUT2D eigenvalue weighted by Crippen LogP contribution is 2.02. The summed E-state index contributed by atoms with van der Waals surface area (Å²) in [6.07, 6.45) is 6.97. The summed E-state index contributed by atoms with van der Waals surface area (Å²) in [7, 11) is 0. The molecule has 1 aliphatic rings. The average Bonchev–Trinajstić information content (AvgIpc) is 2.28. The van der Waals surface area contributed by atoms with Crippen molar-refractivity contribution in [3.05, 3.63) is 0 Å². The minimum atomic E-state index is 0.302. The zero-order valence-electron chi connectivity index (χ0n) is 10.8. The Bertz CT molecular complexity index is 163. The molecule has 0 unspecified atom stereocenters. The fourth-order valence-electron chi connectivity index (χ4n) is 1.71. The molecule has 0 bridgehead atoms. The van der Waals surface area contributed by atoms with Gasteiger partial charge >= 0.3 is 0 Å². The van der Waals surface area contributed by atoms with Gasteiger partial charge in [0.1, 0.15) is 0 Å². The fraction of sp³-hybridized carbons (Fsp3) is 1.00. The second-order valence-corrected chi connectivity index (χ2v) is 4.61. The van der Waals surface area contributed by atoms with Gasteiger partial charge in [-0.25, -0.2) is 0 Å². The van der Waals surface area contributed by atoms with E-state index in [9.17, 15) is 0 Å². The van der Waals surface area contributed by atoms with Crippen LogP contribution in [0.4, 0.5) is 0 Å². The molecule has 2 N–H and O–H groups in total. The largest absolute Gasteiger partial charge is 0.396 e. The Morgan fingerprint density at radius 1 is 0.882 bits per heavy atom. The van der Waals surface area contributed by atoms with E-state index in [0.29, 0.717) is 12.7 Å². The Balaban J connectivity index is 1.64. The first kappa shape index (κ1) is 14.9. The van der Waals surface area contributed by atoms with E-state index < -0.39 is 0 Å². The van der Waals surface area contributed by atoms with Gasteiger partial charge in [-0.05, 0) is 38.5 Å². The van der Waals surface area contributed by atoms with E-state index in [1.54, 1.807) is 0 Å². The molecular formula is C13H27NO3. The van der Waals surface area contributed by atoms with Gasteiger partial charge in [0.25, 0.3) is 0 Å². The third kappa shape index (κ3) is 8.55. The van der Waals surface area contributed by atoms with Gasteiger partial charge in [0, 0.05) is 39.5 Å². The lowest BCUT2D eigenvalue weighted by Gasteiger charge is -2.27. The quantitative estimate of drug-likeness (QED) is 0.509. The summed E-state index contributed by atoms with van der Waals surface area (Å²) in [5.41, 5.74) is 0. The number of rotatable bonds is 12. The van der Waals surface area contributed by atoms with Gasteiger partial charge in [-0.15, -0.1) is 0 Å². The van der Waals surface area contributed by atoms with Crippen LogP contribution in [0.2, 0.25) is 0 Å². The summed E-state index contributed by atoms with van der Waals surface area (Å²) in [4.78, 5) is 0. The molecule has 0 aromatic heterocycles. The lowest BCUT2D eigenvalue weighted by atomic mass is 10.2. The van der Waals surface area contributed by atoms with Crippen molar-refractivity contribution in [1.82, 2.24) is 5.32 Å². The van der Waals surface area contributed by atoms with E-state index in [0.717, 1.165) is 65.0 Å². The molecule has 0 aromatic rings. The monoisotopic (exact) mass is 245 g/mol. The van der Waals surface area contributed by atoms with Crippen LogP contribution in [0.1, 0.15) is 38.5 Å². The Hall–Kier alpha value is -0.160. The second kappa shape index (κ2) is 11.0. The highest BCUT2D eigenvalue weighted by molar-refractivity contribution is 4.74. The molecule has 1 rings (SSSR count). The van der Waals surface area contributed by atoms with Crippen molar-refractivity contribution in [2.45, 2.75) is 44.6 Å². The standard InChI is InChI=1S/C13H27NO3/c15-7-3-1-4-8-16-9-5-2-6-10-17-13-11-14-12-13/h13-15H,1-12H2. The number of nitrogens with one attached hydrogen (secondary N) is 1. The first-order chi connectivity index (χ1) is 8.43. The predicted molar refractivity (Wildman–Crippen MR) is 68.2 cm³/mol. The van der Waals surface area contributed by atoms with Gasteiger partial charge in [-0.2, -0.15) is 0 Å². The van der Waals surface area contributed by atoms with Gasteiger partial charge in [-0.1, -0.05) is 0 Å². The van der Waals surface area contributed by atoms with Crippen molar-refractivity contribution in [2.75, 3.05) is 39.5 Å². The van der Waals surface area contributed by atoms with Gasteiger partial charge in [0.2, 0.25) is 0 Å². The van der Waals surface area contributed by atoms with Crippen LogP contribution in [0.15, 0.2) is 0 Å². The van der Waals surface area contributed by atoms with E-state index in [-0.39, 0.29) is 0 Å². The van der Waals surface area contributed by atoms with Crippen LogP contribution in [-0.2, 0) is 9.47 Å². The average molecular weight is 245 g/mol. The van der Waals surface area contributed by atoms with Gasteiger partial charge in [0.15, 0.2) is 0 Å². The minimum Gasteiger partial charge on any atom is -0.396 e. The summed E-state index contributed by atoms with van der Waals surface area (Å²) < 4.78 is 11.1. The summed E-state index contributed by atoms with van der Waals surface area (Å²) >= 11 is 0. The van der Waals surface area contributed by atoms with Gasteiger partial charge < -0.3 is 19.9 Å². The van der Waals surface area contributed by atoms with E-state index in [4.69, 9.17) is 14.6 Å². The third-order valence-electron chi connectivity index (χ3n) is 2.98. The third-order valence-corrected chi connectivity index (χ3v) is 2.98. The SMILES string of the molecule is OCCCCCOCCCCCOC1CNC1. The second-order valence-electron chi connectivity index (χ2n) is 4.61. The molecule has 0 amide bonds. The molecule has 0 aliphatic carbocycles. The van der Waals surface area contributed by atoms with Crippen LogP contribution >= 0.6 is 0 Å². The normalized spacial score (nSPS) is 16.1. The number of aliphatic hydroxyl groups is 1. The highest BCUT2D eigenvalue weighted by atomic mass is 16.5. The molecule has 1 saturated heterocycles. The van der Waals surface area contributed by atoms with Crippen LogP contribution in [-0.4, -0.2) is 50.7 Å². The maximum Gasteiger partial charge on any atom is 0.0823 e. The van der Waals surface area contributed by atoms with Crippen LogP contribution in [0, 0.1) is 0 Å².